The van der Waals surface area contributed by atoms with Gasteiger partial charge in [0.25, 0.3) is 0 Å². The molecule has 0 saturated heterocycles. The summed E-state index contributed by atoms with van der Waals surface area (Å²) in [7, 11) is -3.07. The van der Waals surface area contributed by atoms with Crippen LogP contribution >= 0.6 is 12.4 Å². The Morgan fingerprint density at radius 2 is 1.85 bits per heavy atom. The van der Waals surface area contributed by atoms with Gasteiger partial charge in [-0.3, -0.25) is 4.79 Å². The van der Waals surface area contributed by atoms with E-state index in [0.29, 0.717) is 5.69 Å². The Bertz CT molecular complexity index is 529. The molecular weight excluding hydrogens is 300 g/mol. The Hall–Kier alpha value is -1.27. The standard InChI is InChI=1S/C13H20N2O3S.ClH/c1-3-19(17,18)9-10(2)15-13(16)8-11-4-6-12(14)7-5-11;/h4-7,10H,3,8-9,14H2,1-2H3,(H,15,16);1H. The highest BCUT2D eigenvalue weighted by molar-refractivity contribution is 7.91. The fourth-order valence-electron chi connectivity index (χ4n) is 1.69. The third kappa shape index (κ3) is 6.77. The van der Waals surface area contributed by atoms with Crippen molar-refractivity contribution in [2.45, 2.75) is 26.3 Å². The molecular formula is C13H21ClN2O3S. The Morgan fingerprint density at radius 3 is 2.35 bits per heavy atom. The first kappa shape index (κ1) is 18.7. The summed E-state index contributed by atoms with van der Waals surface area (Å²) >= 11 is 0. The quantitative estimate of drug-likeness (QED) is 0.770. The van der Waals surface area contributed by atoms with Crippen molar-refractivity contribution in [1.29, 1.82) is 0 Å². The number of amides is 1. The maximum Gasteiger partial charge on any atom is 0.224 e. The zero-order valence-corrected chi connectivity index (χ0v) is 13.3. The molecule has 7 heteroatoms. The Labute approximate surface area is 126 Å². The van der Waals surface area contributed by atoms with E-state index in [-0.39, 0.29) is 42.3 Å². The van der Waals surface area contributed by atoms with Crippen molar-refractivity contribution in [2.24, 2.45) is 0 Å². The van der Waals surface area contributed by atoms with Crippen LogP contribution in [-0.2, 0) is 21.1 Å². The Kier molecular flexibility index (Phi) is 7.60. The van der Waals surface area contributed by atoms with Crippen molar-refractivity contribution in [3.05, 3.63) is 29.8 Å². The summed E-state index contributed by atoms with van der Waals surface area (Å²) in [5.41, 5.74) is 7.05. The average Bonchev–Trinajstić information content (AvgIpc) is 2.31. The van der Waals surface area contributed by atoms with E-state index in [2.05, 4.69) is 5.32 Å². The van der Waals surface area contributed by atoms with E-state index in [1.54, 1.807) is 38.1 Å². The highest BCUT2D eigenvalue weighted by Gasteiger charge is 2.15. The SMILES string of the molecule is CCS(=O)(=O)CC(C)NC(=O)Cc1ccc(N)cc1.Cl. The van der Waals surface area contributed by atoms with Gasteiger partial charge >= 0.3 is 0 Å². The van der Waals surface area contributed by atoms with Crippen LogP contribution in [0.1, 0.15) is 19.4 Å². The number of anilines is 1. The second-order valence-electron chi connectivity index (χ2n) is 4.59. The molecule has 0 fully saturated rings. The molecule has 1 unspecified atom stereocenters. The summed E-state index contributed by atoms with van der Waals surface area (Å²) in [5.74, 6) is -0.133. The summed E-state index contributed by atoms with van der Waals surface area (Å²) in [6.45, 7) is 3.28. The predicted octanol–water partition coefficient (Wildman–Crippen LogP) is 1.17. The normalized spacial score (nSPS) is 12.3. The fourth-order valence-corrected chi connectivity index (χ4v) is 2.77. The molecule has 0 aliphatic heterocycles. The van der Waals surface area contributed by atoms with Crippen LogP contribution < -0.4 is 11.1 Å². The van der Waals surface area contributed by atoms with E-state index in [0.717, 1.165) is 5.56 Å². The molecule has 1 aromatic carbocycles. The minimum absolute atomic E-state index is 0. The van der Waals surface area contributed by atoms with Crippen LogP contribution in [0.5, 0.6) is 0 Å². The lowest BCUT2D eigenvalue weighted by Gasteiger charge is -2.13. The molecule has 3 N–H and O–H groups in total. The van der Waals surface area contributed by atoms with Gasteiger partial charge in [-0.05, 0) is 24.6 Å². The van der Waals surface area contributed by atoms with E-state index in [1.807, 2.05) is 0 Å². The van der Waals surface area contributed by atoms with Crippen molar-refractivity contribution >= 4 is 33.8 Å². The van der Waals surface area contributed by atoms with Gasteiger partial charge in [-0.25, -0.2) is 8.42 Å². The molecule has 1 aromatic rings. The number of nitrogens with two attached hydrogens (primary N) is 1. The van der Waals surface area contributed by atoms with Crippen molar-refractivity contribution in [2.75, 3.05) is 17.2 Å². The van der Waals surface area contributed by atoms with Gasteiger partial charge in [0.15, 0.2) is 9.84 Å². The summed E-state index contributed by atoms with van der Waals surface area (Å²) in [4.78, 5) is 11.7. The molecule has 5 nitrogen and oxygen atoms in total. The lowest BCUT2D eigenvalue weighted by molar-refractivity contribution is -0.120. The topological polar surface area (TPSA) is 89.3 Å². The van der Waals surface area contributed by atoms with Gasteiger partial charge in [0.2, 0.25) is 5.91 Å². The molecule has 0 saturated carbocycles. The smallest absolute Gasteiger partial charge is 0.224 e. The van der Waals surface area contributed by atoms with Crippen LogP contribution in [0.25, 0.3) is 0 Å². The number of hydrogen-bond acceptors (Lipinski definition) is 4. The minimum atomic E-state index is -3.07. The zero-order valence-electron chi connectivity index (χ0n) is 11.6. The van der Waals surface area contributed by atoms with Crippen LogP contribution in [0.2, 0.25) is 0 Å². The molecule has 0 heterocycles. The predicted molar refractivity (Wildman–Crippen MR) is 83.7 cm³/mol. The van der Waals surface area contributed by atoms with E-state index in [9.17, 15) is 13.2 Å². The van der Waals surface area contributed by atoms with Crippen molar-refractivity contribution in [3.63, 3.8) is 0 Å². The first-order valence-electron chi connectivity index (χ1n) is 6.16. The maximum atomic E-state index is 11.7. The molecule has 1 atom stereocenters. The number of benzene rings is 1. The second kappa shape index (κ2) is 8.11. The van der Waals surface area contributed by atoms with E-state index in [1.165, 1.54) is 0 Å². The molecule has 0 bridgehead atoms. The van der Waals surface area contributed by atoms with Crippen LogP contribution in [0.4, 0.5) is 5.69 Å². The third-order valence-corrected chi connectivity index (χ3v) is 4.58. The first-order chi connectivity index (χ1) is 8.82. The monoisotopic (exact) mass is 320 g/mol. The molecule has 0 aliphatic rings. The highest BCUT2D eigenvalue weighted by Crippen LogP contribution is 2.06. The van der Waals surface area contributed by atoms with E-state index >= 15 is 0 Å². The Balaban J connectivity index is 0.00000361. The van der Waals surface area contributed by atoms with Crippen molar-refractivity contribution in [1.82, 2.24) is 5.32 Å². The van der Waals surface area contributed by atoms with E-state index in [4.69, 9.17) is 5.73 Å². The lowest BCUT2D eigenvalue weighted by atomic mass is 10.1. The number of hydrogen-bond donors (Lipinski definition) is 2. The molecule has 1 amide bonds. The lowest BCUT2D eigenvalue weighted by Crippen LogP contribution is -2.38. The van der Waals surface area contributed by atoms with Gasteiger partial charge in [0, 0.05) is 17.5 Å². The molecule has 1 rings (SSSR count). The number of carbonyl (C=O) groups excluding carboxylic acids is 1. The molecule has 114 valence electrons. The Morgan fingerprint density at radius 1 is 1.30 bits per heavy atom. The van der Waals surface area contributed by atoms with Crippen molar-refractivity contribution in [3.8, 4) is 0 Å². The fraction of sp³-hybridized carbons (Fsp3) is 0.462. The van der Waals surface area contributed by atoms with Crippen LogP contribution in [0.15, 0.2) is 24.3 Å². The summed E-state index contributed by atoms with van der Waals surface area (Å²) in [6, 6.07) is 6.64. The minimum Gasteiger partial charge on any atom is -0.399 e. The van der Waals surface area contributed by atoms with E-state index < -0.39 is 9.84 Å². The van der Waals surface area contributed by atoms with Gasteiger partial charge in [0.1, 0.15) is 0 Å². The summed E-state index contributed by atoms with van der Waals surface area (Å²) < 4.78 is 22.8. The van der Waals surface area contributed by atoms with Crippen LogP contribution in [0.3, 0.4) is 0 Å². The highest BCUT2D eigenvalue weighted by atomic mass is 35.5. The number of nitrogen functional groups attached to an aromatic ring is 1. The van der Waals surface area contributed by atoms with Gasteiger partial charge in [-0.1, -0.05) is 19.1 Å². The zero-order chi connectivity index (χ0) is 14.5. The van der Waals surface area contributed by atoms with Gasteiger partial charge in [-0.15, -0.1) is 12.4 Å². The summed E-state index contributed by atoms with van der Waals surface area (Å²) in [6.07, 6.45) is 0.219. The largest absolute Gasteiger partial charge is 0.399 e. The molecule has 0 aliphatic carbocycles. The van der Waals surface area contributed by atoms with Crippen molar-refractivity contribution < 1.29 is 13.2 Å². The maximum absolute atomic E-state index is 11.7. The number of carbonyl (C=O) groups is 1. The average molecular weight is 321 g/mol. The third-order valence-electron chi connectivity index (χ3n) is 2.70. The number of halogens is 1. The summed E-state index contributed by atoms with van der Waals surface area (Å²) in [5, 5.41) is 2.68. The van der Waals surface area contributed by atoms with Gasteiger partial charge in [-0.2, -0.15) is 0 Å². The molecule has 0 spiro atoms. The van der Waals surface area contributed by atoms with Crippen LogP contribution in [0, 0.1) is 0 Å². The molecule has 20 heavy (non-hydrogen) atoms. The van der Waals surface area contributed by atoms with Crippen LogP contribution in [-0.4, -0.2) is 31.9 Å². The van der Waals surface area contributed by atoms with Gasteiger partial charge in [0.05, 0.1) is 12.2 Å². The first-order valence-corrected chi connectivity index (χ1v) is 7.98. The number of rotatable bonds is 6. The molecule has 0 radical (unpaired) electrons. The second-order valence-corrected chi connectivity index (χ2v) is 6.98. The number of nitrogens with one attached hydrogen (secondary N) is 1. The van der Waals surface area contributed by atoms with Gasteiger partial charge < -0.3 is 11.1 Å². The number of sulfone groups is 1. The molecule has 0 aromatic heterocycles.